The molecule has 0 spiro atoms. The molecular formula is C14H21NO2S. The van der Waals surface area contributed by atoms with Crippen LogP contribution in [0.15, 0.2) is 16.8 Å². The largest absolute Gasteiger partial charge is 0.480 e. The van der Waals surface area contributed by atoms with E-state index in [1.807, 2.05) is 0 Å². The zero-order valence-corrected chi connectivity index (χ0v) is 11.9. The third-order valence-electron chi connectivity index (χ3n) is 4.09. The Kier molecular flexibility index (Phi) is 4.07. The summed E-state index contributed by atoms with van der Waals surface area (Å²) in [5.41, 5.74) is 0.597. The first-order chi connectivity index (χ1) is 8.62. The molecule has 1 aromatic rings. The van der Waals surface area contributed by atoms with Crippen molar-refractivity contribution >= 4 is 17.3 Å². The van der Waals surface area contributed by atoms with Crippen molar-refractivity contribution in [2.45, 2.75) is 51.1 Å². The second-order valence-corrected chi connectivity index (χ2v) is 5.90. The molecule has 0 bridgehead atoms. The van der Waals surface area contributed by atoms with Gasteiger partial charge in [-0.2, -0.15) is 11.3 Å². The summed E-state index contributed by atoms with van der Waals surface area (Å²) in [6, 6.07) is 2.30. The number of likely N-dealkylation sites (tertiary alicyclic amines) is 1. The normalized spacial score (nSPS) is 26.3. The van der Waals surface area contributed by atoms with Crippen LogP contribution < -0.4 is 0 Å². The molecule has 1 aliphatic rings. The first-order valence-electron chi connectivity index (χ1n) is 6.64. The van der Waals surface area contributed by atoms with Crippen LogP contribution in [0.4, 0.5) is 0 Å². The summed E-state index contributed by atoms with van der Waals surface area (Å²) >= 11 is 1.67. The minimum absolute atomic E-state index is 0.196. The second kappa shape index (κ2) is 5.41. The van der Waals surface area contributed by atoms with E-state index in [0.29, 0.717) is 0 Å². The molecule has 18 heavy (non-hydrogen) atoms. The van der Waals surface area contributed by atoms with E-state index in [4.69, 9.17) is 0 Å². The van der Waals surface area contributed by atoms with Crippen molar-refractivity contribution in [1.82, 2.24) is 4.90 Å². The van der Waals surface area contributed by atoms with E-state index in [0.717, 1.165) is 32.2 Å². The van der Waals surface area contributed by atoms with Crippen LogP contribution in [0.3, 0.4) is 0 Å². The monoisotopic (exact) mass is 267 g/mol. The lowest BCUT2D eigenvalue weighted by molar-refractivity contribution is -0.151. The molecule has 3 nitrogen and oxygen atoms in total. The van der Waals surface area contributed by atoms with Gasteiger partial charge in [0.15, 0.2) is 0 Å². The van der Waals surface area contributed by atoms with Gasteiger partial charge in [0, 0.05) is 6.04 Å². The average Bonchev–Trinajstić information content (AvgIpc) is 2.98. The molecular weight excluding hydrogens is 246 g/mol. The highest BCUT2D eigenvalue weighted by Gasteiger charge is 2.48. The molecule has 100 valence electrons. The van der Waals surface area contributed by atoms with Crippen molar-refractivity contribution < 1.29 is 9.90 Å². The summed E-state index contributed by atoms with van der Waals surface area (Å²) in [5.74, 6) is -0.649. The van der Waals surface area contributed by atoms with E-state index < -0.39 is 11.5 Å². The van der Waals surface area contributed by atoms with Crippen LogP contribution in [0.25, 0.3) is 0 Å². The van der Waals surface area contributed by atoms with E-state index in [9.17, 15) is 9.90 Å². The maximum Gasteiger partial charge on any atom is 0.324 e. The van der Waals surface area contributed by atoms with Crippen molar-refractivity contribution in [3.8, 4) is 0 Å². The number of thiophene rings is 1. The quantitative estimate of drug-likeness (QED) is 0.887. The number of carboxylic acids is 1. The summed E-state index contributed by atoms with van der Waals surface area (Å²) in [4.78, 5) is 14.0. The van der Waals surface area contributed by atoms with Crippen molar-refractivity contribution in [1.29, 1.82) is 0 Å². The Morgan fingerprint density at radius 3 is 3.00 bits per heavy atom. The number of carboxylic acid groups (broad SMARTS) is 1. The molecule has 4 heteroatoms. The fourth-order valence-corrected chi connectivity index (χ4v) is 3.92. The summed E-state index contributed by atoms with van der Waals surface area (Å²) in [5, 5.41) is 13.9. The zero-order valence-electron chi connectivity index (χ0n) is 11.1. The lowest BCUT2D eigenvalue weighted by Gasteiger charge is -2.38. The molecule has 2 unspecified atom stereocenters. The first kappa shape index (κ1) is 13.6. The topological polar surface area (TPSA) is 40.5 Å². The Bertz CT molecular complexity index is 404. The number of nitrogens with zero attached hydrogens (tertiary/aromatic N) is 1. The summed E-state index contributed by atoms with van der Waals surface area (Å²) in [7, 11) is 0. The van der Waals surface area contributed by atoms with Gasteiger partial charge in [-0.15, -0.1) is 0 Å². The molecule has 0 saturated carbocycles. The molecule has 1 saturated heterocycles. The van der Waals surface area contributed by atoms with Gasteiger partial charge in [-0.3, -0.25) is 9.69 Å². The second-order valence-electron chi connectivity index (χ2n) is 5.12. The van der Waals surface area contributed by atoms with E-state index in [1.54, 1.807) is 11.3 Å². The number of hydrogen-bond donors (Lipinski definition) is 1. The van der Waals surface area contributed by atoms with Crippen LogP contribution in [-0.4, -0.2) is 28.1 Å². The van der Waals surface area contributed by atoms with E-state index in [2.05, 4.69) is 35.6 Å². The van der Waals surface area contributed by atoms with Gasteiger partial charge in [0.25, 0.3) is 0 Å². The number of carbonyl (C=O) groups is 1. The average molecular weight is 267 g/mol. The van der Waals surface area contributed by atoms with Crippen LogP contribution in [0.1, 0.15) is 51.1 Å². The molecule has 1 fully saturated rings. The molecule has 2 atom stereocenters. The van der Waals surface area contributed by atoms with Gasteiger partial charge in [-0.05, 0) is 55.1 Å². The molecule has 0 aliphatic carbocycles. The lowest BCUT2D eigenvalue weighted by Crippen LogP contribution is -2.51. The highest BCUT2D eigenvalue weighted by Crippen LogP contribution is 2.40. The van der Waals surface area contributed by atoms with Crippen LogP contribution in [0.5, 0.6) is 0 Å². The van der Waals surface area contributed by atoms with Crippen molar-refractivity contribution in [2.24, 2.45) is 0 Å². The van der Waals surface area contributed by atoms with Gasteiger partial charge >= 0.3 is 5.97 Å². The SMILES string of the molecule is CCCC1(C(=O)O)CCCN1C(C)c1ccsc1. The van der Waals surface area contributed by atoms with E-state index in [1.165, 1.54) is 5.56 Å². The number of hydrogen-bond acceptors (Lipinski definition) is 3. The molecule has 0 aromatic carbocycles. The highest BCUT2D eigenvalue weighted by atomic mass is 32.1. The van der Waals surface area contributed by atoms with Crippen LogP contribution in [0.2, 0.25) is 0 Å². The molecule has 1 aromatic heterocycles. The molecule has 1 N–H and O–H groups in total. The van der Waals surface area contributed by atoms with Gasteiger partial charge in [0.05, 0.1) is 0 Å². The standard InChI is InChI=1S/C14H21NO2S/c1-3-6-14(13(16)17)7-4-8-15(14)11(2)12-5-9-18-10-12/h5,9-11H,3-4,6-8H2,1-2H3,(H,16,17). The summed E-state index contributed by atoms with van der Waals surface area (Å²) in [6.07, 6.45) is 3.43. The predicted molar refractivity (Wildman–Crippen MR) is 73.9 cm³/mol. The molecule has 0 amide bonds. The Balaban J connectivity index is 2.27. The molecule has 0 radical (unpaired) electrons. The van der Waals surface area contributed by atoms with Crippen LogP contribution in [-0.2, 0) is 4.79 Å². The van der Waals surface area contributed by atoms with Crippen LogP contribution >= 0.6 is 11.3 Å². The fraction of sp³-hybridized carbons (Fsp3) is 0.643. The maximum atomic E-state index is 11.8. The van der Waals surface area contributed by atoms with Crippen molar-refractivity contribution in [3.63, 3.8) is 0 Å². The van der Waals surface area contributed by atoms with E-state index >= 15 is 0 Å². The third kappa shape index (κ3) is 2.19. The maximum absolute atomic E-state index is 11.8. The lowest BCUT2D eigenvalue weighted by atomic mass is 9.89. The first-order valence-corrected chi connectivity index (χ1v) is 7.58. The Labute approximate surface area is 112 Å². The Hall–Kier alpha value is -0.870. The minimum atomic E-state index is -0.649. The smallest absolute Gasteiger partial charge is 0.324 e. The van der Waals surface area contributed by atoms with Gasteiger partial charge < -0.3 is 5.11 Å². The van der Waals surface area contributed by atoms with Crippen molar-refractivity contribution in [3.05, 3.63) is 22.4 Å². The summed E-state index contributed by atoms with van der Waals surface area (Å²) < 4.78 is 0. The molecule has 2 rings (SSSR count). The zero-order chi connectivity index (χ0) is 13.2. The third-order valence-corrected chi connectivity index (χ3v) is 4.80. The minimum Gasteiger partial charge on any atom is -0.480 e. The highest BCUT2D eigenvalue weighted by molar-refractivity contribution is 7.07. The number of aliphatic carboxylic acids is 1. The van der Waals surface area contributed by atoms with Gasteiger partial charge in [0.1, 0.15) is 5.54 Å². The molecule has 2 heterocycles. The van der Waals surface area contributed by atoms with Gasteiger partial charge in [0.2, 0.25) is 0 Å². The van der Waals surface area contributed by atoms with E-state index in [-0.39, 0.29) is 6.04 Å². The molecule has 1 aliphatic heterocycles. The van der Waals surface area contributed by atoms with Gasteiger partial charge in [-0.1, -0.05) is 13.3 Å². The summed E-state index contributed by atoms with van der Waals surface area (Å²) in [6.45, 7) is 5.08. The number of rotatable bonds is 5. The van der Waals surface area contributed by atoms with Crippen LogP contribution in [0, 0.1) is 0 Å². The Morgan fingerprint density at radius 1 is 1.67 bits per heavy atom. The van der Waals surface area contributed by atoms with Gasteiger partial charge in [-0.25, -0.2) is 0 Å². The fourth-order valence-electron chi connectivity index (χ4n) is 3.18. The van der Waals surface area contributed by atoms with Crippen molar-refractivity contribution in [2.75, 3.05) is 6.54 Å². The predicted octanol–water partition coefficient (Wildman–Crippen LogP) is 3.53. The Morgan fingerprint density at radius 2 is 2.44 bits per heavy atom.